The van der Waals surface area contributed by atoms with Crippen molar-refractivity contribution in [3.63, 3.8) is 0 Å². The monoisotopic (exact) mass is 311 g/mol. The number of nitrogens with zero attached hydrogens (tertiary/aromatic N) is 3. The maximum atomic E-state index is 12.8. The molecule has 22 heavy (non-hydrogen) atoms. The second-order valence-electron chi connectivity index (χ2n) is 5.70. The Morgan fingerprint density at radius 2 is 2.09 bits per heavy atom. The summed E-state index contributed by atoms with van der Waals surface area (Å²) < 4.78 is 44.3. The standard InChI is InChI=1S/C15H16F3N3O/c1-20-4-5-22-14-9-21(8-13(14)20)11-2-3-12(15(16,17)18)10(6-11)7-19/h2-3,6,13-14H,4-5,8-9H2,1H3/t13-,14-/m1/s1. The first-order valence-corrected chi connectivity index (χ1v) is 7.08. The molecule has 2 aliphatic heterocycles. The highest BCUT2D eigenvalue weighted by molar-refractivity contribution is 5.56. The Kier molecular flexibility index (Phi) is 3.75. The first-order chi connectivity index (χ1) is 10.4. The van der Waals surface area contributed by atoms with E-state index in [1.807, 2.05) is 11.9 Å². The van der Waals surface area contributed by atoms with Gasteiger partial charge in [-0.2, -0.15) is 18.4 Å². The van der Waals surface area contributed by atoms with Crippen LogP contribution < -0.4 is 4.90 Å². The number of rotatable bonds is 1. The zero-order chi connectivity index (χ0) is 15.9. The summed E-state index contributed by atoms with van der Waals surface area (Å²) in [5.74, 6) is 0. The van der Waals surface area contributed by atoms with Gasteiger partial charge >= 0.3 is 6.18 Å². The number of ether oxygens (including phenoxy) is 1. The van der Waals surface area contributed by atoms with Crippen LogP contribution >= 0.6 is 0 Å². The molecule has 3 rings (SSSR count). The highest BCUT2D eigenvalue weighted by Crippen LogP contribution is 2.35. The van der Waals surface area contributed by atoms with Crippen molar-refractivity contribution in [1.82, 2.24) is 4.90 Å². The van der Waals surface area contributed by atoms with Crippen LogP contribution in [0.3, 0.4) is 0 Å². The van der Waals surface area contributed by atoms with Crippen LogP contribution in [0.2, 0.25) is 0 Å². The largest absolute Gasteiger partial charge is 0.417 e. The first-order valence-electron chi connectivity index (χ1n) is 7.08. The number of hydrogen-bond donors (Lipinski definition) is 0. The van der Waals surface area contributed by atoms with E-state index >= 15 is 0 Å². The fourth-order valence-electron chi connectivity index (χ4n) is 3.14. The van der Waals surface area contributed by atoms with Crippen LogP contribution in [0.5, 0.6) is 0 Å². The maximum absolute atomic E-state index is 12.8. The fourth-order valence-corrected chi connectivity index (χ4v) is 3.14. The smallest absolute Gasteiger partial charge is 0.373 e. The average molecular weight is 311 g/mol. The molecule has 0 spiro atoms. The highest BCUT2D eigenvalue weighted by atomic mass is 19.4. The fraction of sp³-hybridized carbons (Fsp3) is 0.533. The predicted molar refractivity (Wildman–Crippen MR) is 74.5 cm³/mol. The molecule has 2 saturated heterocycles. The number of nitriles is 1. The third kappa shape index (κ3) is 2.64. The summed E-state index contributed by atoms with van der Waals surface area (Å²) in [5, 5.41) is 9.00. The van der Waals surface area contributed by atoms with E-state index in [0.29, 0.717) is 25.4 Å². The Hall–Kier alpha value is -1.78. The zero-order valence-corrected chi connectivity index (χ0v) is 12.1. The van der Waals surface area contributed by atoms with E-state index in [-0.39, 0.29) is 17.7 Å². The number of morpholine rings is 1. The molecule has 0 bridgehead atoms. The van der Waals surface area contributed by atoms with Crippen molar-refractivity contribution >= 4 is 5.69 Å². The third-order valence-corrected chi connectivity index (χ3v) is 4.37. The van der Waals surface area contributed by atoms with Crippen LogP contribution in [0.15, 0.2) is 18.2 Å². The van der Waals surface area contributed by atoms with Crippen molar-refractivity contribution in [3.8, 4) is 6.07 Å². The minimum atomic E-state index is -4.51. The number of likely N-dealkylation sites (N-methyl/N-ethyl adjacent to an activating group) is 1. The van der Waals surface area contributed by atoms with E-state index < -0.39 is 11.7 Å². The van der Waals surface area contributed by atoms with E-state index in [1.165, 1.54) is 12.1 Å². The molecule has 0 saturated carbocycles. The van der Waals surface area contributed by atoms with Gasteiger partial charge in [0, 0.05) is 25.3 Å². The molecule has 2 aliphatic rings. The Labute approximate surface area is 126 Å². The van der Waals surface area contributed by atoms with Crippen LogP contribution in [0, 0.1) is 11.3 Å². The number of halogens is 3. The molecule has 0 unspecified atom stereocenters. The second-order valence-corrected chi connectivity index (χ2v) is 5.70. The summed E-state index contributed by atoms with van der Waals surface area (Å²) in [6.07, 6.45) is -4.45. The summed E-state index contributed by atoms with van der Waals surface area (Å²) in [6.45, 7) is 2.84. The van der Waals surface area contributed by atoms with Gasteiger partial charge in [0.15, 0.2) is 0 Å². The molecule has 0 N–H and O–H groups in total. The lowest BCUT2D eigenvalue weighted by atomic mass is 10.1. The summed E-state index contributed by atoms with van der Waals surface area (Å²) in [6, 6.07) is 5.62. The lowest BCUT2D eigenvalue weighted by Crippen LogP contribution is -2.48. The van der Waals surface area contributed by atoms with E-state index in [0.717, 1.165) is 12.6 Å². The minimum absolute atomic E-state index is 0.0616. The van der Waals surface area contributed by atoms with Gasteiger partial charge in [-0.05, 0) is 25.2 Å². The Morgan fingerprint density at radius 1 is 1.32 bits per heavy atom. The molecule has 2 atom stereocenters. The van der Waals surface area contributed by atoms with Crippen LogP contribution in [0.4, 0.5) is 18.9 Å². The molecule has 0 aromatic heterocycles. The lowest BCUT2D eigenvalue weighted by molar-refractivity contribution is -0.137. The van der Waals surface area contributed by atoms with Crippen molar-refractivity contribution in [1.29, 1.82) is 5.26 Å². The van der Waals surface area contributed by atoms with Gasteiger partial charge in [0.25, 0.3) is 0 Å². The molecule has 2 fully saturated rings. The van der Waals surface area contributed by atoms with Gasteiger partial charge in [-0.15, -0.1) is 0 Å². The van der Waals surface area contributed by atoms with E-state index in [4.69, 9.17) is 10.00 Å². The van der Waals surface area contributed by atoms with Crippen molar-refractivity contribution in [3.05, 3.63) is 29.3 Å². The molecule has 2 heterocycles. The number of fused-ring (bicyclic) bond motifs is 1. The van der Waals surface area contributed by atoms with E-state index in [2.05, 4.69) is 4.90 Å². The summed E-state index contributed by atoms with van der Waals surface area (Å²) in [5.41, 5.74) is -0.589. The first kappa shape index (κ1) is 15.1. The topological polar surface area (TPSA) is 39.5 Å². The quantitative estimate of drug-likeness (QED) is 0.796. The van der Waals surface area contributed by atoms with Crippen molar-refractivity contribution < 1.29 is 17.9 Å². The molecule has 4 nitrogen and oxygen atoms in total. The van der Waals surface area contributed by atoms with Gasteiger partial charge in [0.2, 0.25) is 0 Å². The number of benzene rings is 1. The molecule has 0 aliphatic carbocycles. The number of alkyl halides is 3. The SMILES string of the molecule is CN1CCO[C@@H]2CN(c3ccc(C(F)(F)F)c(C#N)c3)C[C@H]21. The molecule has 1 aromatic carbocycles. The Bertz CT molecular complexity index is 611. The van der Waals surface area contributed by atoms with Crippen LogP contribution in [-0.2, 0) is 10.9 Å². The van der Waals surface area contributed by atoms with Gasteiger partial charge in [-0.3, -0.25) is 4.90 Å². The zero-order valence-electron chi connectivity index (χ0n) is 12.1. The maximum Gasteiger partial charge on any atom is 0.417 e. The molecular formula is C15H16F3N3O. The Balaban J connectivity index is 1.86. The molecule has 0 radical (unpaired) electrons. The highest BCUT2D eigenvalue weighted by Gasteiger charge is 2.39. The van der Waals surface area contributed by atoms with Crippen LogP contribution in [0.1, 0.15) is 11.1 Å². The predicted octanol–water partition coefficient (Wildman–Crippen LogP) is 2.10. The van der Waals surface area contributed by atoms with Crippen molar-refractivity contribution in [2.45, 2.75) is 18.3 Å². The van der Waals surface area contributed by atoms with E-state index in [9.17, 15) is 13.2 Å². The number of hydrogen-bond acceptors (Lipinski definition) is 4. The van der Waals surface area contributed by atoms with Gasteiger partial charge in [0.05, 0.1) is 35.9 Å². The minimum Gasteiger partial charge on any atom is -0.373 e. The normalized spacial score (nSPS) is 25.9. The summed E-state index contributed by atoms with van der Waals surface area (Å²) >= 11 is 0. The van der Waals surface area contributed by atoms with Crippen molar-refractivity contribution in [2.24, 2.45) is 0 Å². The van der Waals surface area contributed by atoms with Crippen LogP contribution in [0.25, 0.3) is 0 Å². The van der Waals surface area contributed by atoms with E-state index in [1.54, 1.807) is 6.07 Å². The molecule has 1 aromatic rings. The molecular weight excluding hydrogens is 295 g/mol. The Morgan fingerprint density at radius 3 is 2.73 bits per heavy atom. The average Bonchev–Trinajstić information content (AvgIpc) is 2.91. The van der Waals surface area contributed by atoms with Gasteiger partial charge in [-0.25, -0.2) is 0 Å². The van der Waals surface area contributed by atoms with Crippen LogP contribution in [-0.4, -0.2) is 50.3 Å². The lowest BCUT2D eigenvalue weighted by Gasteiger charge is -2.33. The van der Waals surface area contributed by atoms with Crippen molar-refractivity contribution in [2.75, 3.05) is 38.2 Å². The van der Waals surface area contributed by atoms with Gasteiger partial charge in [0.1, 0.15) is 0 Å². The molecule has 0 amide bonds. The third-order valence-electron chi connectivity index (χ3n) is 4.37. The van der Waals surface area contributed by atoms with Gasteiger partial charge < -0.3 is 9.64 Å². The van der Waals surface area contributed by atoms with Gasteiger partial charge in [-0.1, -0.05) is 0 Å². The summed E-state index contributed by atoms with van der Waals surface area (Å²) in [4.78, 5) is 4.20. The summed E-state index contributed by atoms with van der Waals surface area (Å²) in [7, 11) is 2.02. The molecule has 7 heteroatoms. The molecule has 118 valence electrons. The number of anilines is 1. The second kappa shape index (κ2) is 5.45.